The molecule has 1 aromatic heterocycles. The van der Waals surface area contributed by atoms with Gasteiger partial charge in [-0.3, -0.25) is 9.89 Å². The molecule has 6 heteroatoms. The van der Waals surface area contributed by atoms with Crippen LogP contribution in [0.25, 0.3) is 0 Å². The molecule has 6 nitrogen and oxygen atoms in total. The number of carbonyl (C=O) groups is 2. The first-order valence-corrected chi connectivity index (χ1v) is 6.11. The number of carboxylic acid groups (broad SMARTS) is 1. The van der Waals surface area contributed by atoms with Crippen LogP contribution in [0.5, 0.6) is 0 Å². The molecule has 0 aromatic carbocycles. The third-order valence-corrected chi connectivity index (χ3v) is 3.78. The third kappa shape index (κ3) is 2.10. The molecule has 1 amide bonds. The predicted molar refractivity (Wildman–Crippen MR) is 64.1 cm³/mol. The van der Waals surface area contributed by atoms with Gasteiger partial charge in [0.1, 0.15) is 5.54 Å². The fourth-order valence-corrected chi connectivity index (χ4v) is 2.55. The van der Waals surface area contributed by atoms with E-state index in [-0.39, 0.29) is 11.8 Å². The number of carbonyl (C=O) groups excluding carboxylic acids is 1. The lowest BCUT2D eigenvalue weighted by molar-refractivity contribution is -0.148. The average Bonchev–Trinajstić information content (AvgIpc) is 2.85. The molecule has 1 aliphatic carbocycles. The summed E-state index contributed by atoms with van der Waals surface area (Å²) in [5, 5.41) is 18.4. The molecule has 1 saturated carbocycles. The standard InChI is InChI=1S/C12H17N3O3/c1-8-4-2-3-5-12(8,11(17)18)15-10(16)9-6-13-14-7-9/h6-8H,2-5H2,1H3,(H,13,14)(H,15,16)(H,17,18). The van der Waals surface area contributed by atoms with Crippen molar-refractivity contribution >= 4 is 11.9 Å². The number of aliphatic carboxylic acids is 1. The Morgan fingerprint density at radius 1 is 1.56 bits per heavy atom. The second-order valence-corrected chi connectivity index (χ2v) is 4.86. The summed E-state index contributed by atoms with van der Waals surface area (Å²) < 4.78 is 0. The van der Waals surface area contributed by atoms with E-state index in [0.29, 0.717) is 12.0 Å². The van der Waals surface area contributed by atoms with Gasteiger partial charge < -0.3 is 10.4 Å². The zero-order valence-corrected chi connectivity index (χ0v) is 10.3. The van der Waals surface area contributed by atoms with Gasteiger partial charge in [0.05, 0.1) is 11.8 Å². The molecule has 1 fully saturated rings. The molecule has 1 aromatic rings. The van der Waals surface area contributed by atoms with Gasteiger partial charge in [-0.05, 0) is 18.8 Å². The van der Waals surface area contributed by atoms with Gasteiger partial charge in [0.15, 0.2) is 0 Å². The summed E-state index contributed by atoms with van der Waals surface area (Å²) in [5.74, 6) is -1.41. The highest BCUT2D eigenvalue weighted by Crippen LogP contribution is 2.34. The largest absolute Gasteiger partial charge is 0.479 e. The molecule has 18 heavy (non-hydrogen) atoms. The molecule has 0 aliphatic heterocycles. The number of carboxylic acids is 1. The summed E-state index contributed by atoms with van der Waals surface area (Å²) in [4.78, 5) is 23.5. The lowest BCUT2D eigenvalue weighted by Crippen LogP contribution is -2.59. The summed E-state index contributed by atoms with van der Waals surface area (Å²) >= 11 is 0. The number of amides is 1. The van der Waals surface area contributed by atoms with Gasteiger partial charge >= 0.3 is 5.97 Å². The quantitative estimate of drug-likeness (QED) is 0.751. The second kappa shape index (κ2) is 4.80. The van der Waals surface area contributed by atoms with E-state index in [2.05, 4.69) is 15.5 Å². The fourth-order valence-electron chi connectivity index (χ4n) is 2.55. The Balaban J connectivity index is 2.21. The maximum Gasteiger partial charge on any atom is 0.329 e. The van der Waals surface area contributed by atoms with Gasteiger partial charge in [0.25, 0.3) is 5.91 Å². The number of H-pyrrole nitrogens is 1. The third-order valence-electron chi connectivity index (χ3n) is 3.78. The van der Waals surface area contributed by atoms with Crippen molar-refractivity contribution in [2.24, 2.45) is 5.92 Å². The summed E-state index contributed by atoms with van der Waals surface area (Å²) in [6, 6.07) is 0. The summed E-state index contributed by atoms with van der Waals surface area (Å²) in [6.45, 7) is 1.88. The van der Waals surface area contributed by atoms with Crippen LogP contribution in [0.2, 0.25) is 0 Å². The molecule has 2 atom stereocenters. The number of rotatable bonds is 3. The van der Waals surface area contributed by atoms with Gasteiger partial charge in [0.2, 0.25) is 0 Å². The molecule has 0 saturated heterocycles. The van der Waals surface area contributed by atoms with Crippen LogP contribution in [0.4, 0.5) is 0 Å². The molecule has 1 aliphatic rings. The Labute approximate surface area is 105 Å². The van der Waals surface area contributed by atoms with Gasteiger partial charge in [-0.1, -0.05) is 19.8 Å². The average molecular weight is 251 g/mol. The summed E-state index contributed by atoms with van der Waals surface area (Å²) in [7, 11) is 0. The van der Waals surface area contributed by atoms with Crippen molar-refractivity contribution in [3.8, 4) is 0 Å². The van der Waals surface area contributed by atoms with Crippen molar-refractivity contribution in [2.75, 3.05) is 0 Å². The van der Waals surface area contributed by atoms with Crippen molar-refractivity contribution in [1.29, 1.82) is 0 Å². The highest BCUT2D eigenvalue weighted by atomic mass is 16.4. The van der Waals surface area contributed by atoms with Crippen molar-refractivity contribution in [3.63, 3.8) is 0 Å². The predicted octanol–water partition coefficient (Wildman–Crippen LogP) is 1.17. The highest BCUT2D eigenvalue weighted by Gasteiger charge is 2.46. The maximum absolute atomic E-state index is 12.0. The van der Waals surface area contributed by atoms with Crippen molar-refractivity contribution in [1.82, 2.24) is 15.5 Å². The monoisotopic (exact) mass is 251 g/mol. The van der Waals surface area contributed by atoms with Gasteiger partial charge in [-0.2, -0.15) is 5.10 Å². The lowest BCUT2D eigenvalue weighted by atomic mass is 9.73. The minimum absolute atomic E-state index is 0.0698. The summed E-state index contributed by atoms with van der Waals surface area (Å²) in [6.07, 6.45) is 5.97. The van der Waals surface area contributed by atoms with Crippen molar-refractivity contribution < 1.29 is 14.7 Å². The first-order chi connectivity index (χ1) is 8.56. The Hall–Kier alpha value is -1.85. The molecule has 2 rings (SSSR count). The molecule has 0 radical (unpaired) electrons. The zero-order valence-electron chi connectivity index (χ0n) is 10.3. The first kappa shape index (κ1) is 12.6. The molecular weight excluding hydrogens is 234 g/mol. The van der Waals surface area contributed by atoms with Crippen LogP contribution in [0.1, 0.15) is 43.0 Å². The molecule has 0 bridgehead atoms. The Morgan fingerprint density at radius 3 is 2.89 bits per heavy atom. The molecular formula is C12H17N3O3. The minimum atomic E-state index is -1.15. The normalized spacial score (nSPS) is 27.7. The molecule has 3 N–H and O–H groups in total. The van der Waals surface area contributed by atoms with E-state index in [1.807, 2.05) is 6.92 Å². The second-order valence-electron chi connectivity index (χ2n) is 4.86. The van der Waals surface area contributed by atoms with E-state index >= 15 is 0 Å². The first-order valence-electron chi connectivity index (χ1n) is 6.11. The highest BCUT2D eigenvalue weighted by molar-refractivity contribution is 5.97. The Bertz CT molecular complexity index is 443. The number of hydrogen-bond donors (Lipinski definition) is 3. The Morgan fingerprint density at radius 2 is 2.33 bits per heavy atom. The van der Waals surface area contributed by atoms with E-state index in [1.165, 1.54) is 12.4 Å². The van der Waals surface area contributed by atoms with Gasteiger partial charge in [-0.25, -0.2) is 4.79 Å². The van der Waals surface area contributed by atoms with Crippen LogP contribution >= 0.6 is 0 Å². The van der Waals surface area contributed by atoms with E-state index in [1.54, 1.807) is 0 Å². The van der Waals surface area contributed by atoms with Crippen LogP contribution in [0, 0.1) is 5.92 Å². The van der Waals surface area contributed by atoms with E-state index < -0.39 is 11.5 Å². The van der Waals surface area contributed by atoms with E-state index in [9.17, 15) is 14.7 Å². The fraction of sp³-hybridized carbons (Fsp3) is 0.583. The van der Waals surface area contributed by atoms with Crippen molar-refractivity contribution in [3.05, 3.63) is 18.0 Å². The molecule has 2 unspecified atom stereocenters. The molecule has 1 heterocycles. The maximum atomic E-state index is 12.0. The van der Waals surface area contributed by atoms with Crippen LogP contribution in [0.15, 0.2) is 12.4 Å². The van der Waals surface area contributed by atoms with Crippen LogP contribution in [0.3, 0.4) is 0 Å². The number of nitrogens with zero attached hydrogens (tertiary/aromatic N) is 1. The number of nitrogens with one attached hydrogen (secondary N) is 2. The SMILES string of the molecule is CC1CCCCC1(NC(=O)c1cn[nH]c1)C(=O)O. The number of aromatic nitrogens is 2. The number of hydrogen-bond acceptors (Lipinski definition) is 3. The zero-order chi connectivity index (χ0) is 13.2. The van der Waals surface area contributed by atoms with Crippen LogP contribution in [-0.4, -0.2) is 32.7 Å². The van der Waals surface area contributed by atoms with E-state index in [4.69, 9.17) is 0 Å². The minimum Gasteiger partial charge on any atom is -0.479 e. The van der Waals surface area contributed by atoms with Gasteiger partial charge in [0, 0.05) is 6.20 Å². The summed E-state index contributed by atoms with van der Waals surface area (Å²) in [5.41, 5.74) is -0.791. The van der Waals surface area contributed by atoms with Crippen molar-refractivity contribution in [2.45, 2.75) is 38.1 Å². The lowest BCUT2D eigenvalue weighted by Gasteiger charge is -2.39. The topological polar surface area (TPSA) is 95.1 Å². The molecule has 98 valence electrons. The molecule has 0 spiro atoms. The van der Waals surface area contributed by atoms with Gasteiger partial charge in [-0.15, -0.1) is 0 Å². The smallest absolute Gasteiger partial charge is 0.329 e. The van der Waals surface area contributed by atoms with Crippen LogP contribution in [-0.2, 0) is 4.79 Å². The number of aromatic amines is 1. The Kier molecular flexibility index (Phi) is 3.36. The van der Waals surface area contributed by atoms with Crippen LogP contribution < -0.4 is 5.32 Å². The van der Waals surface area contributed by atoms with E-state index in [0.717, 1.165) is 19.3 Å².